The van der Waals surface area contributed by atoms with Gasteiger partial charge in [-0.25, -0.2) is 0 Å². The summed E-state index contributed by atoms with van der Waals surface area (Å²) in [6.45, 7) is 14.7. The molecule has 0 aromatic carbocycles. The van der Waals surface area contributed by atoms with E-state index in [4.69, 9.17) is 4.74 Å². The van der Waals surface area contributed by atoms with E-state index in [9.17, 15) is 0 Å². The van der Waals surface area contributed by atoms with Gasteiger partial charge in [-0.15, -0.1) is 0 Å². The highest BCUT2D eigenvalue weighted by atomic mass is 16.5. The minimum Gasteiger partial charge on any atom is -0.375 e. The molecule has 1 fully saturated rings. The Balaban J connectivity index is 0. The molecule has 1 N–H and O–H groups in total. The van der Waals surface area contributed by atoms with Crippen LogP contribution in [-0.4, -0.2) is 25.3 Å². The van der Waals surface area contributed by atoms with Crippen molar-refractivity contribution in [1.82, 2.24) is 5.32 Å². The van der Waals surface area contributed by atoms with Gasteiger partial charge < -0.3 is 10.1 Å². The Morgan fingerprint density at radius 1 is 1.13 bits per heavy atom. The summed E-state index contributed by atoms with van der Waals surface area (Å²) < 4.78 is 5.65. The minimum absolute atomic E-state index is 0.392. The van der Waals surface area contributed by atoms with Gasteiger partial charge in [-0.3, -0.25) is 0 Å². The Morgan fingerprint density at radius 3 is 1.87 bits per heavy atom. The van der Waals surface area contributed by atoms with E-state index in [0.717, 1.165) is 13.1 Å². The fourth-order valence-corrected chi connectivity index (χ4v) is 1.32. The Bertz CT molecular complexity index is 98.7. The fourth-order valence-electron chi connectivity index (χ4n) is 1.32. The van der Waals surface area contributed by atoms with Gasteiger partial charge in [-0.2, -0.15) is 0 Å². The van der Waals surface area contributed by atoms with E-state index in [1.54, 1.807) is 0 Å². The van der Waals surface area contributed by atoms with Crippen molar-refractivity contribution in [3.05, 3.63) is 0 Å². The zero-order valence-electron chi connectivity index (χ0n) is 11.6. The maximum atomic E-state index is 5.65. The van der Waals surface area contributed by atoms with Crippen LogP contribution in [-0.2, 0) is 4.74 Å². The molecule has 1 saturated heterocycles. The first-order valence-electron chi connectivity index (χ1n) is 6.56. The van der Waals surface area contributed by atoms with Crippen LogP contribution in [0.15, 0.2) is 0 Å². The normalized spacial score (nSPS) is 16.2. The minimum atomic E-state index is 0.392. The standard InChI is InChI=1S/C8H17NO.C3H8.C2H6/c1-7(2)10-8-3-5-9-6-4-8;1-3-2;1-2/h7-9H,3-6H2,1-2H3;3H2,1-2H3;1-2H3. The quantitative estimate of drug-likeness (QED) is 0.763. The van der Waals surface area contributed by atoms with Crippen LogP contribution in [0.25, 0.3) is 0 Å². The van der Waals surface area contributed by atoms with Crippen molar-refractivity contribution in [2.75, 3.05) is 13.1 Å². The van der Waals surface area contributed by atoms with E-state index < -0.39 is 0 Å². The molecule has 15 heavy (non-hydrogen) atoms. The predicted octanol–water partition coefficient (Wildman–Crippen LogP) is 3.61. The summed E-state index contributed by atoms with van der Waals surface area (Å²) in [5, 5.41) is 3.31. The van der Waals surface area contributed by atoms with Gasteiger partial charge >= 0.3 is 0 Å². The molecule has 0 bridgehead atoms. The first kappa shape index (κ1) is 17.3. The molecule has 2 heteroatoms. The van der Waals surface area contributed by atoms with Crippen molar-refractivity contribution in [3.8, 4) is 0 Å². The largest absolute Gasteiger partial charge is 0.375 e. The van der Waals surface area contributed by atoms with Crippen LogP contribution in [0.3, 0.4) is 0 Å². The smallest absolute Gasteiger partial charge is 0.0602 e. The second-order valence-electron chi connectivity index (χ2n) is 3.84. The number of rotatable bonds is 2. The van der Waals surface area contributed by atoms with Gasteiger partial charge in [0.1, 0.15) is 0 Å². The molecule has 1 rings (SSSR count). The summed E-state index contributed by atoms with van der Waals surface area (Å²) in [6, 6.07) is 0. The summed E-state index contributed by atoms with van der Waals surface area (Å²) in [5.41, 5.74) is 0. The third-order valence-electron chi connectivity index (χ3n) is 1.75. The third-order valence-corrected chi connectivity index (χ3v) is 1.75. The molecule has 94 valence electrons. The van der Waals surface area contributed by atoms with E-state index in [-0.39, 0.29) is 0 Å². The van der Waals surface area contributed by atoms with Crippen molar-refractivity contribution in [1.29, 1.82) is 0 Å². The number of nitrogens with one attached hydrogen (secondary N) is 1. The predicted molar refractivity (Wildman–Crippen MR) is 69.4 cm³/mol. The average Bonchev–Trinajstić information content (AvgIpc) is 2.22. The third kappa shape index (κ3) is 13.9. The molecule has 0 radical (unpaired) electrons. The molecule has 0 spiro atoms. The van der Waals surface area contributed by atoms with Crippen molar-refractivity contribution >= 4 is 0 Å². The van der Waals surface area contributed by atoms with Crippen LogP contribution >= 0.6 is 0 Å². The average molecular weight is 217 g/mol. The van der Waals surface area contributed by atoms with Crippen LogP contribution in [0.4, 0.5) is 0 Å². The van der Waals surface area contributed by atoms with Crippen molar-refractivity contribution in [2.24, 2.45) is 0 Å². The topological polar surface area (TPSA) is 21.3 Å². The van der Waals surface area contributed by atoms with Gasteiger partial charge in [-0.05, 0) is 39.8 Å². The molecular weight excluding hydrogens is 186 g/mol. The highest BCUT2D eigenvalue weighted by Crippen LogP contribution is 2.08. The molecule has 2 nitrogen and oxygen atoms in total. The summed E-state index contributed by atoms with van der Waals surface area (Å²) in [5.74, 6) is 0. The van der Waals surface area contributed by atoms with Crippen LogP contribution in [0, 0.1) is 0 Å². The van der Waals surface area contributed by atoms with Gasteiger partial charge in [0.15, 0.2) is 0 Å². The number of hydrogen-bond acceptors (Lipinski definition) is 2. The molecule has 1 heterocycles. The highest BCUT2D eigenvalue weighted by molar-refractivity contribution is 4.68. The zero-order chi connectivity index (χ0) is 12.1. The summed E-state index contributed by atoms with van der Waals surface area (Å²) in [7, 11) is 0. The first-order chi connectivity index (χ1) is 7.20. The molecule has 0 aliphatic carbocycles. The SMILES string of the molecule is CC.CC(C)OC1CCNCC1.CCC. The lowest BCUT2D eigenvalue weighted by Gasteiger charge is -2.24. The Labute approximate surface area is 96.8 Å². The van der Waals surface area contributed by atoms with E-state index in [1.807, 2.05) is 13.8 Å². The molecule has 0 unspecified atom stereocenters. The lowest BCUT2D eigenvalue weighted by Crippen LogP contribution is -2.33. The number of piperidine rings is 1. The molecule has 0 amide bonds. The van der Waals surface area contributed by atoms with E-state index >= 15 is 0 Å². The monoisotopic (exact) mass is 217 g/mol. The molecule has 0 aromatic heterocycles. The number of ether oxygens (including phenoxy) is 1. The fraction of sp³-hybridized carbons (Fsp3) is 1.00. The van der Waals surface area contributed by atoms with Crippen LogP contribution in [0.5, 0.6) is 0 Å². The van der Waals surface area contributed by atoms with Crippen LogP contribution in [0.1, 0.15) is 60.8 Å². The van der Waals surface area contributed by atoms with Crippen LogP contribution in [0.2, 0.25) is 0 Å². The van der Waals surface area contributed by atoms with Gasteiger partial charge in [0.25, 0.3) is 0 Å². The van der Waals surface area contributed by atoms with Gasteiger partial charge in [0.2, 0.25) is 0 Å². The van der Waals surface area contributed by atoms with Crippen molar-refractivity contribution in [3.63, 3.8) is 0 Å². The Hall–Kier alpha value is -0.0800. The zero-order valence-corrected chi connectivity index (χ0v) is 11.6. The second-order valence-corrected chi connectivity index (χ2v) is 3.84. The van der Waals surface area contributed by atoms with E-state index in [0.29, 0.717) is 12.2 Å². The molecular formula is C13H31NO. The summed E-state index contributed by atoms with van der Waals surface area (Å²) >= 11 is 0. The molecule has 1 aliphatic rings. The molecule has 1 aliphatic heterocycles. The molecule has 0 saturated carbocycles. The molecule has 0 aromatic rings. The summed E-state index contributed by atoms with van der Waals surface area (Å²) in [6.07, 6.45) is 4.51. The van der Waals surface area contributed by atoms with Crippen LogP contribution < -0.4 is 5.32 Å². The lowest BCUT2D eigenvalue weighted by atomic mass is 10.1. The van der Waals surface area contributed by atoms with E-state index in [1.165, 1.54) is 19.3 Å². The summed E-state index contributed by atoms with van der Waals surface area (Å²) in [4.78, 5) is 0. The first-order valence-corrected chi connectivity index (χ1v) is 6.56. The second kappa shape index (κ2) is 13.9. The highest BCUT2D eigenvalue weighted by Gasteiger charge is 2.13. The van der Waals surface area contributed by atoms with Gasteiger partial charge in [0.05, 0.1) is 12.2 Å². The van der Waals surface area contributed by atoms with Crippen molar-refractivity contribution < 1.29 is 4.74 Å². The van der Waals surface area contributed by atoms with Gasteiger partial charge in [-0.1, -0.05) is 34.1 Å². The Kier molecular flexibility index (Phi) is 16.1. The lowest BCUT2D eigenvalue weighted by molar-refractivity contribution is -0.00799. The number of hydrogen-bond donors (Lipinski definition) is 1. The van der Waals surface area contributed by atoms with Crippen molar-refractivity contribution in [2.45, 2.75) is 73.0 Å². The van der Waals surface area contributed by atoms with E-state index in [2.05, 4.69) is 33.0 Å². The molecule has 0 atom stereocenters. The Morgan fingerprint density at radius 2 is 1.53 bits per heavy atom. The maximum Gasteiger partial charge on any atom is 0.0602 e. The van der Waals surface area contributed by atoms with Gasteiger partial charge in [0, 0.05) is 0 Å². The maximum absolute atomic E-state index is 5.65.